The summed E-state index contributed by atoms with van der Waals surface area (Å²) in [4.78, 5) is 28.4. The Morgan fingerprint density at radius 1 is 1.32 bits per heavy atom. The Morgan fingerprint density at radius 3 is 2.77 bits per heavy atom. The average Bonchev–Trinajstić information content (AvgIpc) is 2.87. The number of hydrogen-bond acceptors (Lipinski definition) is 4. The Kier molecular flexibility index (Phi) is 5.51. The molecule has 0 aliphatic rings. The first-order chi connectivity index (χ1) is 10.5. The molecule has 0 spiro atoms. The summed E-state index contributed by atoms with van der Waals surface area (Å²) in [7, 11) is 0. The lowest BCUT2D eigenvalue weighted by molar-refractivity contribution is -0.120. The number of nitrogens with one attached hydrogen (secondary N) is 2. The molecule has 1 heterocycles. The number of aromatic nitrogens is 1. The number of carbonyl (C=O) groups excluding carboxylic acids is 2. The number of thiazole rings is 1. The lowest BCUT2D eigenvalue weighted by atomic mass is 10.2. The molecule has 0 fully saturated rings. The van der Waals surface area contributed by atoms with Gasteiger partial charge in [0.05, 0.1) is 12.2 Å². The van der Waals surface area contributed by atoms with Crippen LogP contribution in [0.5, 0.6) is 0 Å². The van der Waals surface area contributed by atoms with Crippen LogP contribution in [0, 0.1) is 6.92 Å². The van der Waals surface area contributed by atoms with Crippen LogP contribution in [0.2, 0.25) is 5.02 Å². The second kappa shape index (κ2) is 7.38. The molecule has 7 heteroatoms. The molecule has 0 saturated carbocycles. The fraction of sp³-hybridized carbons (Fsp3) is 0.267. The SMILES string of the molecule is CCNC(=O)CNC(=O)c1sc(-c2cccc(Cl)c2)nc1C. The van der Waals surface area contributed by atoms with Crippen LogP contribution in [0.3, 0.4) is 0 Å². The zero-order valence-corrected chi connectivity index (χ0v) is 13.8. The van der Waals surface area contributed by atoms with E-state index in [1.807, 2.05) is 19.1 Å². The van der Waals surface area contributed by atoms with Gasteiger partial charge < -0.3 is 10.6 Å². The number of nitrogens with zero attached hydrogens (tertiary/aromatic N) is 1. The Balaban J connectivity index is 2.12. The number of hydrogen-bond donors (Lipinski definition) is 2. The van der Waals surface area contributed by atoms with Gasteiger partial charge in [-0.25, -0.2) is 4.98 Å². The molecule has 0 unspecified atom stereocenters. The summed E-state index contributed by atoms with van der Waals surface area (Å²) in [5, 5.41) is 6.56. The highest BCUT2D eigenvalue weighted by Crippen LogP contribution is 2.29. The van der Waals surface area contributed by atoms with Gasteiger partial charge in [0, 0.05) is 17.1 Å². The third-order valence-corrected chi connectivity index (χ3v) is 4.30. The van der Waals surface area contributed by atoms with Crippen molar-refractivity contribution in [3.8, 4) is 10.6 Å². The second-order valence-electron chi connectivity index (χ2n) is 4.58. The van der Waals surface area contributed by atoms with Crippen molar-refractivity contribution in [2.24, 2.45) is 0 Å². The molecule has 116 valence electrons. The van der Waals surface area contributed by atoms with E-state index in [9.17, 15) is 9.59 Å². The first-order valence-corrected chi connectivity index (χ1v) is 7.99. The molecule has 1 aromatic carbocycles. The maximum atomic E-state index is 12.1. The molecule has 0 atom stereocenters. The Morgan fingerprint density at radius 2 is 2.09 bits per heavy atom. The quantitative estimate of drug-likeness (QED) is 0.881. The smallest absolute Gasteiger partial charge is 0.263 e. The Bertz CT molecular complexity index is 700. The van der Waals surface area contributed by atoms with E-state index in [-0.39, 0.29) is 18.4 Å². The molecular weight excluding hydrogens is 322 g/mol. The van der Waals surface area contributed by atoms with E-state index in [0.717, 1.165) is 10.6 Å². The number of aryl methyl sites for hydroxylation is 1. The topological polar surface area (TPSA) is 71.1 Å². The molecule has 5 nitrogen and oxygen atoms in total. The minimum atomic E-state index is -0.297. The van der Waals surface area contributed by atoms with Crippen LogP contribution < -0.4 is 10.6 Å². The predicted octanol–water partition coefficient (Wildman–Crippen LogP) is 2.64. The summed E-state index contributed by atoms with van der Waals surface area (Å²) < 4.78 is 0. The van der Waals surface area contributed by atoms with E-state index in [1.54, 1.807) is 19.1 Å². The van der Waals surface area contributed by atoms with Crippen LogP contribution >= 0.6 is 22.9 Å². The lowest BCUT2D eigenvalue weighted by Gasteiger charge is -2.03. The molecule has 22 heavy (non-hydrogen) atoms. The highest BCUT2D eigenvalue weighted by atomic mass is 35.5. The van der Waals surface area contributed by atoms with E-state index < -0.39 is 0 Å². The molecule has 2 aromatic rings. The zero-order chi connectivity index (χ0) is 16.1. The normalized spacial score (nSPS) is 10.3. The van der Waals surface area contributed by atoms with Crippen molar-refractivity contribution < 1.29 is 9.59 Å². The zero-order valence-electron chi connectivity index (χ0n) is 12.3. The number of benzene rings is 1. The van der Waals surface area contributed by atoms with Gasteiger partial charge in [0.1, 0.15) is 9.88 Å². The van der Waals surface area contributed by atoms with E-state index >= 15 is 0 Å². The Labute approximate surface area is 137 Å². The first-order valence-electron chi connectivity index (χ1n) is 6.79. The highest BCUT2D eigenvalue weighted by Gasteiger charge is 2.16. The van der Waals surface area contributed by atoms with Crippen molar-refractivity contribution >= 4 is 34.8 Å². The van der Waals surface area contributed by atoms with Crippen LogP contribution in [0.4, 0.5) is 0 Å². The summed E-state index contributed by atoms with van der Waals surface area (Å²) in [6.07, 6.45) is 0. The molecule has 0 aliphatic heterocycles. The van der Waals surface area contributed by atoms with E-state index in [0.29, 0.717) is 22.1 Å². The third kappa shape index (κ3) is 4.05. The summed E-state index contributed by atoms with van der Waals surface area (Å²) in [5.74, 6) is -0.511. The van der Waals surface area contributed by atoms with Gasteiger partial charge in [0.2, 0.25) is 5.91 Å². The molecule has 2 N–H and O–H groups in total. The maximum Gasteiger partial charge on any atom is 0.263 e. The standard InChI is InChI=1S/C15H16ClN3O2S/c1-3-17-12(20)8-18-14(21)13-9(2)19-15(22-13)10-5-4-6-11(16)7-10/h4-7H,3,8H2,1-2H3,(H,17,20)(H,18,21). The average molecular weight is 338 g/mol. The molecule has 1 aromatic heterocycles. The first kappa shape index (κ1) is 16.5. The van der Waals surface area contributed by atoms with Crippen LogP contribution in [0.25, 0.3) is 10.6 Å². The molecule has 0 radical (unpaired) electrons. The number of carbonyl (C=O) groups is 2. The number of amides is 2. The summed E-state index contributed by atoms with van der Waals surface area (Å²) in [5.41, 5.74) is 1.50. The highest BCUT2D eigenvalue weighted by molar-refractivity contribution is 7.17. The van der Waals surface area contributed by atoms with Crippen molar-refractivity contribution in [1.82, 2.24) is 15.6 Å². The largest absolute Gasteiger partial charge is 0.355 e. The van der Waals surface area contributed by atoms with E-state index in [4.69, 9.17) is 11.6 Å². The number of halogens is 1. The van der Waals surface area contributed by atoms with Crippen molar-refractivity contribution in [3.63, 3.8) is 0 Å². The van der Waals surface area contributed by atoms with Gasteiger partial charge in [0.15, 0.2) is 0 Å². The molecule has 0 saturated heterocycles. The van der Waals surface area contributed by atoms with E-state index in [2.05, 4.69) is 15.6 Å². The van der Waals surface area contributed by atoms with Crippen LogP contribution in [-0.2, 0) is 4.79 Å². The van der Waals surface area contributed by atoms with Gasteiger partial charge in [-0.15, -0.1) is 11.3 Å². The van der Waals surface area contributed by atoms with Crippen molar-refractivity contribution in [1.29, 1.82) is 0 Å². The fourth-order valence-corrected chi connectivity index (χ4v) is 3.02. The third-order valence-electron chi connectivity index (χ3n) is 2.86. The minimum Gasteiger partial charge on any atom is -0.355 e. The molecule has 2 amide bonds. The lowest BCUT2D eigenvalue weighted by Crippen LogP contribution is -2.36. The van der Waals surface area contributed by atoms with Gasteiger partial charge in [-0.2, -0.15) is 0 Å². The van der Waals surface area contributed by atoms with Gasteiger partial charge in [-0.1, -0.05) is 23.7 Å². The predicted molar refractivity (Wildman–Crippen MR) is 88.3 cm³/mol. The summed E-state index contributed by atoms with van der Waals surface area (Å²) in [6.45, 7) is 4.08. The van der Waals surface area contributed by atoms with E-state index in [1.165, 1.54) is 11.3 Å². The van der Waals surface area contributed by atoms with Crippen LogP contribution in [0.15, 0.2) is 24.3 Å². The summed E-state index contributed by atoms with van der Waals surface area (Å²) in [6, 6.07) is 7.31. The molecule has 0 aliphatic carbocycles. The Hall–Kier alpha value is -1.92. The van der Waals surface area contributed by atoms with Crippen molar-refractivity contribution in [3.05, 3.63) is 39.9 Å². The molecule has 2 rings (SSSR count). The monoisotopic (exact) mass is 337 g/mol. The van der Waals surface area contributed by atoms with Gasteiger partial charge in [-0.05, 0) is 26.0 Å². The van der Waals surface area contributed by atoms with Gasteiger partial charge >= 0.3 is 0 Å². The van der Waals surface area contributed by atoms with Gasteiger partial charge in [-0.3, -0.25) is 9.59 Å². The maximum absolute atomic E-state index is 12.1. The van der Waals surface area contributed by atoms with Crippen LogP contribution in [0.1, 0.15) is 22.3 Å². The summed E-state index contributed by atoms with van der Waals surface area (Å²) >= 11 is 7.25. The molecular formula is C15H16ClN3O2S. The number of rotatable bonds is 5. The van der Waals surface area contributed by atoms with Crippen molar-refractivity contribution in [2.75, 3.05) is 13.1 Å². The van der Waals surface area contributed by atoms with Gasteiger partial charge in [0.25, 0.3) is 5.91 Å². The minimum absolute atomic E-state index is 0.0451. The van der Waals surface area contributed by atoms with Crippen molar-refractivity contribution in [2.45, 2.75) is 13.8 Å². The number of likely N-dealkylation sites (N-methyl/N-ethyl adjacent to an activating group) is 1. The second-order valence-corrected chi connectivity index (χ2v) is 6.02. The fourth-order valence-electron chi connectivity index (χ4n) is 1.85. The van der Waals surface area contributed by atoms with Crippen LogP contribution in [-0.4, -0.2) is 29.9 Å². The molecule has 0 bridgehead atoms.